The number of carboxylic acid groups (broad SMARTS) is 2. The van der Waals surface area contributed by atoms with Crippen molar-refractivity contribution in [1.29, 1.82) is 0 Å². The Labute approximate surface area is 89.3 Å². The molecule has 2 rings (SSSR count). The molecule has 3 atom stereocenters. The minimum atomic E-state index is -1.42. The number of amides is 2. The third-order valence-corrected chi connectivity index (χ3v) is 2.61. The van der Waals surface area contributed by atoms with Crippen LogP contribution in [0.3, 0.4) is 0 Å². The van der Waals surface area contributed by atoms with E-state index in [1.165, 1.54) is 0 Å². The Balaban J connectivity index is 2.12. The van der Waals surface area contributed by atoms with E-state index in [4.69, 9.17) is 19.7 Å². The van der Waals surface area contributed by atoms with E-state index in [2.05, 4.69) is 0 Å². The van der Waals surface area contributed by atoms with E-state index in [1.54, 1.807) is 0 Å². The SMILES string of the molecule is O=C(O)C1CC2OC(=O)N(C(=O)O)C2CO1. The van der Waals surface area contributed by atoms with Gasteiger partial charge >= 0.3 is 18.2 Å². The highest BCUT2D eigenvalue weighted by molar-refractivity contribution is 5.89. The van der Waals surface area contributed by atoms with Crippen LogP contribution in [0.25, 0.3) is 0 Å². The van der Waals surface area contributed by atoms with Crippen molar-refractivity contribution in [2.45, 2.75) is 24.7 Å². The molecule has 2 fully saturated rings. The largest absolute Gasteiger partial charge is 0.479 e. The van der Waals surface area contributed by atoms with Crippen molar-refractivity contribution < 1.29 is 34.1 Å². The van der Waals surface area contributed by atoms with Gasteiger partial charge in [-0.15, -0.1) is 0 Å². The van der Waals surface area contributed by atoms with Gasteiger partial charge in [-0.25, -0.2) is 19.3 Å². The van der Waals surface area contributed by atoms with Crippen LogP contribution >= 0.6 is 0 Å². The lowest BCUT2D eigenvalue weighted by atomic mass is 10.0. The first-order valence-corrected chi connectivity index (χ1v) is 4.58. The molecule has 0 aliphatic carbocycles. The van der Waals surface area contributed by atoms with E-state index in [0.29, 0.717) is 4.90 Å². The number of carbonyl (C=O) groups excluding carboxylic acids is 1. The number of carbonyl (C=O) groups is 3. The van der Waals surface area contributed by atoms with Gasteiger partial charge in [-0.1, -0.05) is 0 Å². The van der Waals surface area contributed by atoms with Crippen LogP contribution < -0.4 is 0 Å². The lowest BCUT2D eigenvalue weighted by Crippen LogP contribution is -2.49. The lowest BCUT2D eigenvalue weighted by molar-refractivity contribution is -0.157. The third kappa shape index (κ3) is 1.56. The Morgan fingerprint density at radius 1 is 1.38 bits per heavy atom. The van der Waals surface area contributed by atoms with E-state index in [1.807, 2.05) is 0 Å². The van der Waals surface area contributed by atoms with Gasteiger partial charge in [0.25, 0.3) is 0 Å². The smallest absolute Gasteiger partial charge is 0.420 e. The number of carboxylic acids is 1. The van der Waals surface area contributed by atoms with Crippen LogP contribution in [0, 0.1) is 0 Å². The fraction of sp³-hybridized carbons (Fsp3) is 0.625. The summed E-state index contributed by atoms with van der Waals surface area (Å²) in [6, 6.07) is -0.749. The van der Waals surface area contributed by atoms with Crippen molar-refractivity contribution in [3.63, 3.8) is 0 Å². The van der Waals surface area contributed by atoms with E-state index in [9.17, 15) is 14.4 Å². The van der Waals surface area contributed by atoms with Gasteiger partial charge in [0, 0.05) is 6.42 Å². The Morgan fingerprint density at radius 3 is 2.62 bits per heavy atom. The molecule has 88 valence electrons. The van der Waals surface area contributed by atoms with Crippen LogP contribution in [0.1, 0.15) is 6.42 Å². The van der Waals surface area contributed by atoms with Crippen molar-refractivity contribution in [3.05, 3.63) is 0 Å². The quantitative estimate of drug-likeness (QED) is 0.638. The second-order valence-corrected chi connectivity index (χ2v) is 3.54. The van der Waals surface area contributed by atoms with Crippen LogP contribution in [-0.2, 0) is 14.3 Å². The van der Waals surface area contributed by atoms with Crippen molar-refractivity contribution >= 4 is 18.2 Å². The number of hydrogen-bond acceptors (Lipinski definition) is 5. The Morgan fingerprint density at radius 2 is 2.06 bits per heavy atom. The van der Waals surface area contributed by atoms with Crippen molar-refractivity contribution in [2.24, 2.45) is 0 Å². The van der Waals surface area contributed by atoms with Crippen LogP contribution in [0.15, 0.2) is 0 Å². The maximum Gasteiger partial charge on any atom is 0.420 e. The minimum Gasteiger partial charge on any atom is -0.479 e. The third-order valence-electron chi connectivity index (χ3n) is 2.61. The number of ether oxygens (including phenoxy) is 2. The maximum atomic E-state index is 11.2. The molecule has 2 saturated heterocycles. The van der Waals surface area contributed by atoms with E-state index < -0.39 is 36.4 Å². The van der Waals surface area contributed by atoms with Crippen molar-refractivity contribution in [3.8, 4) is 0 Å². The lowest BCUT2D eigenvalue weighted by Gasteiger charge is -2.29. The number of fused-ring (bicyclic) bond motifs is 1. The Bertz CT molecular complexity index is 354. The first-order chi connectivity index (χ1) is 7.50. The highest BCUT2D eigenvalue weighted by Gasteiger charge is 2.50. The van der Waals surface area contributed by atoms with Gasteiger partial charge < -0.3 is 19.7 Å². The topological polar surface area (TPSA) is 113 Å². The van der Waals surface area contributed by atoms with Gasteiger partial charge in [-0.3, -0.25) is 0 Å². The van der Waals surface area contributed by atoms with Gasteiger partial charge in [0.2, 0.25) is 0 Å². The fourth-order valence-corrected chi connectivity index (χ4v) is 1.84. The highest BCUT2D eigenvalue weighted by Crippen LogP contribution is 2.28. The highest BCUT2D eigenvalue weighted by atomic mass is 16.6. The first-order valence-electron chi connectivity index (χ1n) is 4.58. The molecule has 8 nitrogen and oxygen atoms in total. The molecule has 0 radical (unpaired) electrons. The average Bonchev–Trinajstić information content (AvgIpc) is 2.51. The summed E-state index contributed by atoms with van der Waals surface area (Å²) >= 11 is 0. The second-order valence-electron chi connectivity index (χ2n) is 3.54. The van der Waals surface area contributed by atoms with Crippen LogP contribution in [0.5, 0.6) is 0 Å². The minimum absolute atomic E-state index is 0.0322. The molecule has 0 spiro atoms. The molecule has 2 aliphatic rings. The molecule has 16 heavy (non-hydrogen) atoms. The fourth-order valence-electron chi connectivity index (χ4n) is 1.84. The van der Waals surface area contributed by atoms with E-state index >= 15 is 0 Å². The standard InChI is InChI=1S/C8H9NO7/c10-6(11)5-1-4-3(2-15-5)9(7(12)13)8(14)16-4/h3-5H,1-2H2,(H,10,11)(H,12,13). The molecule has 2 heterocycles. The van der Waals surface area contributed by atoms with E-state index in [-0.39, 0.29) is 13.0 Å². The summed E-state index contributed by atoms with van der Waals surface area (Å²) in [6.45, 7) is -0.153. The molecule has 0 aromatic carbocycles. The summed E-state index contributed by atoms with van der Waals surface area (Å²) in [6.07, 6.45) is -4.22. The molecular weight excluding hydrogens is 222 g/mol. The predicted octanol–water partition coefficient (Wildman–Crippen LogP) is -0.273. The summed E-state index contributed by atoms with van der Waals surface area (Å²) in [4.78, 5) is 33.1. The number of imide groups is 1. The van der Waals surface area contributed by atoms with Crippen molar-refractivity contribution in [2.75, 3.05) is 6.61 Å². The summed E-state index contributed by atoms with van der Waals surface area (Å²) in [5, 5.41) is 17.5. The van der Waals surface area contributed by atoms with Crippen molar-refractivity contribution in [1.82, 2.24) is 4.90 Å². The zero-order chi connectivity index (χ0) is 11.9. The van der Waals surface area contributed by atoms with Gasteiger partial charge in [-0.2, -0.15) is 0 Å². The van der Waals surface area contributed by atoms with Gasteiger partial charge in [0.1, 0.15) is 12.1 Å². The van der Waals surface area contributed by atoms with Gasteiger partial charge in [0.15, 0.2) is 6.10 Å². The molecule has 0 aromatic rings. The zero-order valence-electron chi connectivity index (χ0n) is 8.03. The zero-order valence-corrected chi connectivity index (χ0v) is 8.03. The molecule has 0 aromatic heterocycles. The normalized spacial score (nSPS) is 33.1. The van der Waals surface area contributed by atoms with Crippen LogP contribution in [-0.4, -0.2) is 58.1 Å². The Hall–Kier alpha value is -1.83. The number of nitrogens with zero attached hydrogens (tertiary/aromatic N) is 1. The van der Waals surface area contributed by atoms with E-state index in [0.717, 1.165) is 0 Å². The van der Waals surface area contributed by atoms with Gasteiger partial charge in [0.05, 0.1) is 6.61 Å². The molecule has 0 saturated carbocycles. The molecular formula is C8H9NO7. The average molecular weight is 231 g/mol. The predicted molar refractivity (Wildman–Crippen MR) is 45.9 cm³/mol. The molecule has 8 heteroatoms. The Kier molecular flexibility index (Phi) is 2.43. The summed E-state index contributed by atoms with van der Waals surface area (Å²) in [7, 11) is 0. The summed E-state index contributed by atoms with van der Waals surface area (Å²) in [5.41, 5.74) is 0. The molecule has 3 unspecified atom stereocenters. The van der Waals surface area contributed by atoms with Gasteiger partial charge in [-0.05, 0) is 0 Å². The van der Waals surface area contributed by atoms with Crippen LogP contribution in [0.4, 0.5) is 9.59 Å². The number of aliphatic carboxylic acids is 1. The first kappa shape index (κ1) is 10.7. The maximum absolute atomic E-state index is 11.2. The number of rotatable bonds is 1. The number of hydrogen-bond donors (Lipinski definition) is 2. The summed E-state index contributed by atoms with van der Waals surface area (Å²) < 4.78 is 9.73. The second kappa shape index (κ2) is 3.63. The molecule has 2 amide bonds. The molecule has 2 aliphatic heterocycles. The molecule has 0 bridgehead atoms. The summed E-state index contributed by atoms with van der Waals surface area (Å²) in [5.74, 6) is -1.15. The monoisotopic (exact) mass is 231 g/mol. The van der Waals surface area contributed by atoms with Crippen LogP contribution in [0.2, 0.25) is 0 Å². The molecule has 2 N–H and O–H groups in total.